The molecule has 168 valence electrons. The van der Waals surface area contributed by atoms with Crippen LogP contribution in [0.4, 0.5) is 13.2 Å². The number of sulfone groups is 1. The number of piperidine rings is 1. The molecule has 2 aromatic rings. The number of hydrogen-bond donors (Lipinski definition) is 1. The quantitative estimate of drug-likeness (QED) is 0.706. The van der Waals surface area contributed by atoms with Gasteiger partial charge in [0.25, 0.3) is 5.91 Å². The van der Waals surface area contributed by atoms with Gasteiger partial charge in [-0.15, -0.1) is 0 Å². The molecule has 3 rings (SSSR count). The smallest absolute Gasteiger partial charge is 0.349 e. The molecule has 0 saturated carbocycles. The Balaban J connectivity index is 1.57. The number of alkyl halides is 3. The van der Waals surface area contributed by atoms with E-state index in [2.05, 4.69) is 5.32 Å². The number of benzene rings is 2. The van der Waals surface area contributed by atoms with E-state index >= 15 is 0 Å². The lowest BCUT2D eigenvalue weighted by molar-refractivity contribution is -0.137. The second-order valence-corrected chi connectivity index (χ2v) is 10.0. The minimum absolute atomic E-state index is 0.0574. The molecule has 0 unspecified atom stereocenters. The maximum absolute atomic E-state index is 12.9. The molecule has 0 aromatic heterocycles. The molecule has 1 heterocycles. The highest BCUT2D eigenvalue weighted by Crippen LogP contribution is 2.30. The highest BCUT2D eigenvalue weighted by molar-refractivity contribution is 7.90. The topological polar surface area (TPSA) is 66.5 Å². The lowest BCUT2D eigenvalue weighted by Crippen LogP contribution is -2.44. The molecule has 1 fully saturated rings. The first-order valence-corrected chi connectivity index (χ1v) is 11.9. The van der Waals surface area contributed by atoms with Gasteiger partial charge in [-0.2, -0.15) is 13.2 Å². The van der Waals surface area contributed by atoms with E-state index in [1.165, 1.54) is 24.3 Å². The van der Waals surface area contributed by atoms with Crippen molar-refractivity contribution in [1.82, 2.24) is 10.2 Å². The Hall–Kier alpha value is -2.10. The molecule has 1 amide bonds. The van der Waals surface area contributed by atoms with Crippen molar-refractivity contribution >= 4 is 27.3 Å². The van der Waals surface area contributed by atoms with Crippen molar-refractivity contribution in [2.45, 2.75) is 36.5 Å². The molecule has 10 heteroatoms. The molecule has 0 radical (unpaired) electrons. The lowest BCUT2D eigenvalue weighted by atomic mass is 10.0. The second-order valence-electron chi connectivity index (χ2n) is 7.64. The van der Waals surface area contributed by atoms with Gasteiger partial charge in [0.2, 0.25) is 0 Å². The third kappa shape index (κ3) is 6.21. The number of halogens is 4. The van der Waals surface area contributed by atoms with Gasteiger partial charge in [0.05, 0.1) is 15.5 Å². The standard InChI is InChI=1S/C21H22ClF3N2O3S/c1-31(29,30)19-12-15(5-6-18(19)22)20(28)26-17-7-9-27(10-8-17)13-14-3-2-4-16(11-14)21(23,24)25/h2-6,11-12,17H,7-10,13H2,1H3,(H,26,28). The summed E-state index contributed by atoms with van der Waals surface area (Å²) in [6.45, 7) is 1.65. The highest BCUT2D eigenvalue weighted by atomic mass is 35.5. The van der Waals surface area contributed by atoms with E-state index in [0.29, 0.717) is 38.0 Å². The van der Waals surface area contributed by atoms with Crippen LogP contribution in [0.5, 0.6) is 0 Å². The van der Waals surface area contributed by atoms with Crippen LogP contribution in [0, 0.1) is 0 Å². The predicted molar refractivity (Wildman–Crippen MR) is 112 cm³/mol. The number of nitrogens with one attached hydrogen (secondary N) is 1. The Labute approximate surface area is 184 Å². The summed E-state index contributed by atoms with van der Waals surface area (Å²) in [7, 11) is -3.56. The van der Waals surface area contributed by atoms with Crippen LogP contribution in [0.3, 0.4) is 0 Å². The van der Waals surface area contributed by atoms with Gasteiger partial charge in [0.1, 0.15) is 0 Å². The maximum Gasteiger partial charge on any atom is 0.416 e. The Morgan fingerprint density at radius 2 is 1.84 bits per heavy atom. The van der Waals surface area contributed by atoms with Crippen molar-refractivity contribution in [3.8, 4) is 0 Å². The number of likely N-dealkylation sites (tertiary alicyclic amines) is 1. The summed E-state index contributed by atoms with van der Waals surface area (Å²) in [5.74, 6) is -0.391. The van der Waals surface area contributed by atoms with Crippen molar-refractivity contribution in [3.05, 3.63) is 64.2 Å². The van der Waals surface area contributed by atoms with Crippen LogP contribution >= 0.6 is 11.6 Å². The van der Waals surface area contributed by atoms with Gasteiger partial charge in [-0.05, 0) is 42.7 Å². The number of carbonyl (C=O) groups is 1. The van der Waals surface area contributed by atoms with Crippen LogP contribution in [-0.4, -0.2) is 44.6 Å². The van der Waals surface area contributed by atoms with Crippen molar-refractivity contribution in [3.63, 3.8) is 0 Å². The lowest BCUT2D eigenvalue weighted by Gasteiger charge is -2.32. The zero-order chi connectivity index (χ0) is 22.8. The Bertz CT molecular complexity index is 1070. The maximum atomic E-state index is 12.9. The fraction of sp³-hybridized carbons (Fsp3) is 0.381. The first-order chi connectivity index (χ1) is 14.4. The van der Waals surface area contributed by atoms with Crippen molar-refractivity contribution in [2.75, 3.05) is 19.3 Å². The fourth-order valence-electron chi connectivity index (χ4n) is 3.54. The van der Waals surface area contributed by atoms with Crippen LogP contribution in [-0.2, 0) is 22.6 Å². The minimum atomic E-state index is -4.37. The molecule has 0 atom stereocenters. The van der Waals surface area contributed by atoms with Gasteiger partial charge in [0, 0.05) is 37.5 Å². The fourth-order valence-corrected chi connectivity index (χ4v) is 4.84. The van der Waals surface area contributed by atoms with Gasteiger partial charge in [-0.1, -0.05) is 29.8 Å². The molecule has 1 saturated heterocycles. The number of hydrogen-bond acceptors (Lipinski definition) is 4. The van der Waals surface area contributed by atoms with E-state index in [1.54, 1.807) is 6.07 Å². The largest absolute Gasteiger partial charge is 0.416 e. The average molecular weight is 475 g/mol. The summed E-state index contributed by atoms with van der Waals surface area (Å²) < 4.78 is 62.2. The van der Waals surface area contributed by atoms with E-state index in [4.69, 9.17) is 11.6 Å². The molecule has 0 spiro atoms. The zero-order valence-electron chi connectivity index (χ0n) is 16.7. The number of carbonyl (C=O) groups excluding carboxylic acids is 1. The van der Waals surface area contributed by atoms with E-state index in [1.807, 2.05) is 4.90 Å². The van der Waals surface area contributed by atoms with Gasteiger partial charge < -0.3 is 5.32 Å². The zero-order valence-corrected chi connectivity index (χ0v) is 18.3. The number of amides is 1. The van der Waals surface area contributed by atoms with Crippen LogP contribution in [0.15, 0.2) is 47.4 Å². The average Bonchev–Trinajstić information content (AvgIpc) is 2.68. The molecule has 5 nitrogen and oxygen atoms in total. The molecular weight excluding hydrogens is 453 g/mol. The summed E-state index contributed by atoms with van der Waals surface area (Å²) in [5.41, 5.74) is 0.131. The summed E-state index contributed by atoms with van der Waals surface area (Å²) in [6, 6.07) is 9.29. The summed E-state index contributed by atoms with van der Waals surface area (Å²) in [4.78, 5) is 14.5. The van der Waals surface area contributed by atoms with E-state index in [-0.39, 0.29) is 21.5 Å². The van der Waals surface area contributed by atoms with Crippen LogP contribution < -0.4 is 5.32 Å². The van der Waals surface area contributed by atoms with Crippen molar-refractivity contribution in [1.29, 1.82) is 0 Å². The molecule has 0 aliphatic carbocycles. The van der Waals surface area contributed by atoms with Gasteiger partial charge in [-0.3, -0.25) is 9.69 Å². The molecule has 2 aromatic carbocycles. The van der Waals surface area contributed by atoms with E-state index < -0.39 is 27.5 Å². The minimum Gasteiger partial charge on any atom is -0.349 e. The molecule has 31 heavy (non-hydrogen) atoms. The molecular formula is C21H22ClF3N2O3S. The van der Waals surface area contributed by atoms with E-state index in [0.717, 1.165) is 18.4 Å². The normalized spacial score (nSPS) is 16.3. The third-order valence-corrected chi connectivity index (χ3v) is 6.75. The van der Waals surface area contributed by atoms with Gasteiger partial charge in [-0.25, -0.2) is 8.42 Å². The van der Waals surface area contributed by atoms with Crippen molar-refractivity contribution in [2.24, 2.45) is 0 Å². The van der Waals surface area contributed by atoms with Crippen LogP contribution in [0.2, 0.25) is 5.02 Å². The van der Waals surface area contributed by atoms with Gasteiger partial charge >= 0.3 is 6.18 Å². The van der Waals surface area contributed by atoms with Crippen molar-refractivity contribution < 1.29 is 26.4 Å². The van der Waals surface area contributed by atoms with Crippen LogP contribution in [0.1, 0.15) is 34.3 Å². The van der Waals surface area contributed by atoms with Crippen LogP contribution in [0.25, 0.3) is 0 Å². The first-order valence-electron chi connectivity index (χ1n) is 9.62. The van der Waals surface area contributed by atoms with E-state index in [9.17, 15) is 26.4 Å². The Morgan fingerprint density at radius 1 is 1.16 bits per heavy atom. The Morgan fingerprint density at radius 3 is 2.45 bits per heavy atom. The number of nitrogens with zero attached hydrogens (tertiary/aromatic N) is 1. The highest BCUT2D eigenvalue weighted by Gasteiger charge is 2.30. The van der Waals surface area contributed by atoms with Gasteiger partial charge in [0.15, 0.2) is 9.84 Å². The molecule has 1 aliphatic rings. The third-order valence-electron chi connectivity index (χ3n) is 5.18. The number of rotatable bonds is 5. The molecule has 1 aliphatic heterocycles. The molecule has 0 bridgehead atoms. The summed E-state index contributed by atoms with van der Waals surface area (Å²) in [6.07, 6.45) is -2.07. The summed E-state index contributed by atoms with van der Waals surface area (Å²) in [5, 5.41) is 2.95. The first kappa shape index (κ1) is 23.6. The SMILES string of the molecule is CS(=O)(=O)c1cc(C(=O)NC2CCN(Cc3cccc(C(F)(F)F)c3)CC2)ccc1Cl. The second kappa shape index (κ2) is 9.18. The predicted octanol–water partition coefficient (Wildman–Crippen LogP) is 4.16. The molecule has 1 N–H and O–H groups in total. The Kier molecular flexibility index (Phi) is 6.98. The summed E-state index contributed by atoms with van der Waals surface area (Å²) >= 11 is 5.92. The monoisotopic (exact) mass is 474 g/mol.